The van der Waals surface area contributed by atoms with Crippen LogP contribution in [-0.4, -0.2) is 25.4 Å². The number of hydrogen-bond acceptors (Lipinski definition) is 3. The quantitative estimate of drug-likeness (QED) is 0.852. The number of hydrogen-bond donors (Lipinski definition) is 1. The molecule has 0 aromatic heterocycles. The fourth-order valence-electron chi connectivity index (χ4n) is 2.83. The molecule has 2 unspecified atom stereocenters. The molecule has 0 bridgehead atoms. The summed E-state index contributed by atoms with van der Waals surface area (Å²) in [5.41, 5.74) is 2.47. The van der Waals surface area contributed by atoms with Gasteiger partial charge in [0.1, 0.15) is 5.75 Å². The van der Waals surface area contributed by atoms with Crippen molar-refractivity contribution in [2.75, 3.05) is 18.5 Å². The van der Waals surface area contributed by atoms with Crippen molar-refractivity contribution < 1.29 is 9.47 Å². The molecule has 1 aliphatic rings. The molecule has 3 heteroatoms. The maximum atomic E-state index is 5.79. The van der Waals surface area contributed by atoms with E-state index in [4.69, 9.17) is 9.47 Å². The van der Waals surface area contributed by atoms with Crippen molar-refractivity contribution in [3.63, 3.8) is 0 Å². The Kier molecular flexibility index (Phi) is 4.59. The third-order valence-electron chi connectivity index (χ3n) is 4.31. The summed E-state index contributed by atoms with van der Waals surface area (Å²) in [6.45, 7) is 12.2. The minimum atomic E-state index is 0.157. The molecule has 0 amide bonds. The highest BCUT2D eigenvalue weighted by Crippen LogP contribution is 2.45. The lowest BCUT2D eigenvalue weighted by molar-refractivity contribution is -0.0976. The molecule has 0 radical (unpaired) electrons. The van der Waals surface area contributed by atoms with Crippen molar-refractivity contribution >= 4 is 5.69 Å². The van der Waals surface area contributed by atoms with E-state index in [-0.39, 0.29) is 5.41 Å². The fourth-order valence-corrected chi connectivity index (χ4v) is 2.83. The van der Waals surface area contributed by atoms with Crippen LogP contribution in [0.3, 0.4) is 0 Å². The van der Waals surface area contributed by atoms with E-state index in [1.54, 1.807) is 0 Å². The van der Waals surface area contributed by atoms with Gasteiger partial charge in [0, 0.05) is 18.1 Å². The molecule has 1 aromatic carbocycles. The SMILES string of the molecule is CCOc1cc(C)ccc1NC1CC(OCC)C1(C)C. The van der Waals surface area contributed by atoms with Crippen LogP contribution in [0.25, 0.3) is 0 Å². The van der Waals surface area contributed by atoms with Gasteiger partial charge in [-0.05, 0) is 44.9 Å². The average molecular weight is 277 g/mol. The fraction of sp³-hybridized carbons (Fsp3) is 0.647. The molecule has 0 heterocycles. The number of anilines is 1. The van der Waals surface area contributed by atoms with Crippen LogP contribution in [0.5, 0.6) is 5.75 Å². The van der Waals surface area contributed by atoms with Crippen molar-refractivity contribution in [3.8, 4) is 5.75 Å². The number of aryl methyl sites for hydroxylation is 1. The molecule has 2 atom stereocenters. The number of rotatable bonds is 6. The van der Waals surface area contributed by atoms with E-state index in [1.807, 2.05) is 6.92 Å². The Hall–Kier alpha value is -1.22. The highest BCUT2D eigenvalue weighted by molar-refractivity contribution is 5.59. The van der Waals surface area contributed by atoms with E-state index >= 15 is 0 Å². The molecule has 2 rings (SSSR count). The van der Waals surface area contributed by atoms with Gasteiger partial charge in [0.25, 0.3) is 0 Å². The van der Waals surface area contributed by atoms with Crippen LogP contribution >= 0.6 is 0 Å². The zero-order chi connectivity index (χ0) is 14.8. The van der Waals surface area contributed by atoms with Gasteiger partial charge < -0.3 is 14.8 Å². The van der Waals surface area contributed by atoms with Gasteiger partial charge >= 0.3 is 0 Å². The van der Waals surface area contributed by atoms with Gasteiger partial charge in [-0.3, -0.25) is 0 Å². The van der Waals surface area contributed by atoms with E-state index in [2.05, 4.69) is 51.2 Å². The maximum Gasteiger partial charge on any atom is 0.142 e. The predicted molar refractivity (Wildman–Crippen MR) is 83.6 cm³/mol. The number of ether oxygens (including phenoxy) is 2. The first-order valence-corrected chi connectivity index (χ1v) is 7.60. The van der Waals surface area contributed by atoms with Crippen LogP contribution in [0.15, 0.2) is 18.2 Å². The van der Waals surface area contributed by atoms with Crippen LogP contribution in [0.4, 0.5) is 5.69 Å². The zero-order valence-electron chi connectivity index (χ0n) is 13.3. The molecule has 1 fully saturated rings. The first kappa shape index (κ1) is 15.2. The Labute approximate surface area is 122 Å². The van der Waals surface area contributed by atoms with Gasteiger partial charge in [0.2, 0.25) is 0 Å². The molecule has 1 N–H and O–H groups in total. The van der Waals surface area contributed by atoms with E-state index in [1.165, 1.54) is 5.56 Å². The molecule has 0 aliphatic heterocycles. The van der Waals surface area contributed by atoms with Gasteiger partial charge in [0.15, 0.2) is 0 Å². The van der Waals surface area contributed by atoms with E-state index in [0.717, 1.165) is 24.5 Å². The van der Waals surface area contributed by atoms with Crippen molar-refractivity contribution in [2.45, 2.75) is 53.2 Å². The van der Waals surface area contributed by atoms with Crippen molar-refractivity contribution in [1.29, 1.82) is 0 Å². The Morgan fingerprint density at radius 1 is 1.25 bits per heavy atom. The van der Waals surface area contributed by atoms with Crippen molar-refractivity contribution in [3.05, 3.63) is 23.8 Å². The second-order valence-electron chi connectivity index (χ2n) is 6.13. The number of nitrogens with one attached hydrogen (secondary N) is 1. The summed E-state index contributed by atoms with van der Waals surface area (Å²) in [7, 11) is 0. The second-order valence-corrected chi connectivity index (χ2v) is 6.13. The molecule has 20 heavy (non-hydrogen) atoms. The first-order valence-electron chi connectivity index (χ1n) is 7.60. The summed E-state index contributed by atoms with van der Waals surface area (Å²) in [6.07, 6.45) is 1.41. The zero-order valence-corrected chi connectivity index (χ0v) is 13.3. The normalized spacial score (nSPS) is 24.1. The minimum absolute atomic E-state index is 0.157. The minimum Gasteiger partial charge on any atom is -0.492 e. The summed E-state index contributed by atoms with van der Waals surface area (Å²) in [5.74, 6) is 0.947. The molecule has 0 spiro atoms. The van der Waals surface area contributed by atoms with Gasteiger partial charge in [-0.25, -0.2) is 0 Å². The highest BCUT2D eigenvalue weighted by atomic mass is 16.5. The van der Waals surface area contributed by atoms with Crippen LogP contribution in [0.1, 0.15) is 39.7 Å². The van der Waals surface area contributed by atoms with Gasteiger partial charge in [-0.1, -0.05) is 19.9 Å². The van der Waals surface area contributed by atoms with Crippen LogP contribution in [0, 0.1) is 12.3 Å². The van der Waals surface area contributed by atoms with E-state index < -0.39 is 0 Å². The molecule has 1 aliphatic carbocycles. The molecule has 0 saturated heterocycles. The molecule has 112 valence electrons. The topological polar surface area (TPSA) is 30.5 Å². The van der Waals surface area contributed by atoms with Crippen LogP contribution < -0.4 is 10.1 Å². The van der Waals surface area contributed by atoms with E-state index in [9.17, 15) is 0 Å². The standard InChI is InChI=1S/C17H27NO2/c1-6-19-14-10-12(3)8-9-13(14)18-15-11-16(20-7-2)17(15,4)5/h8-10,15-16,18H,6-7,11H2,1-5H3. The third kappa shape index (κ3) is 2.93. The summed E-state index contributed by atoms with van der Waals surface area (Å²) in [5, 5.41) is 3.63. The maximum absolute atomic E-state index is 5.79. The summed E-state index contributed by atoms with van der Waals surface area (Å²) < 4.78 is 11.5. The van der Waals surface area contributed by atoms with Crippen molar-refractivity contribution in [2.24, 2.45) is 5.41 Å². The van der Waals surface area contributed by atoms with Crippen LogP contribution in [-0.2, 0) is 4.74 Å². The Morgan fingerprint density at radius 3 is 2.60 bits per heavy atom. The highest BCUT2D eigenvalue weighted by Gasteiger charge is 2.49. The second kappa shape index (κ2) is 6.04. The molecular formula is C17H27NO2. The Bertz CT molecular complexity index is 456. The summed E-state index contributed by atoms with van der Waals surface area (Å²) in [4.78, 5) is 0. The number of benzene rings is 1. The third-order valence-corrected chi connectivity index (χ3v) is 4.31. The van der Waals surface area contributed by atoms with Crippen LogP contribution in [0.2, 0.25) is 0 Å². The summed E-state index contributed by atoms with van der Waals surface area (Å²) in [6, 6.07) is 6.76. The lowest BCUT2D eigenvalue weighted by Crippen LogP contribution is -2.58. The molecule has 1 saturated carbocycles. The smallest absolute Gasteiger partial charge is 0.142 e. The molecular weight excluding hydrogens is 250 g/mol. The van der Waals surface area contributed by atoms with Gasteiger partial charge in [-0.15, -0.1) is 0 Å². The lowest BCUT2D eigenvalue weighted by atomic mass is 9.64. The van der Waals surface area contributed by atoms with E-state index in [0.29, 0.717) is 18.8 Å². The summed E-state index contributed by atoms with van der Waals surface area (Å²) >= 11 is 0. The Morgan fingerprint density at radius 2 is 2.00 bits per heavy atom. The predicted octanol–water partition coefficient (Wildman–Crippen LogP) is 4.01. The van der Waals surface area contributed by atoms with Crippen molar-refractivity contribution in [1.82, 2.24) is 0 Å². The largest absolute Gasteiger partial charge is 0.492 e. The monoisotopic (exact) mass is 277 g/mol. The molecule has 1 aromatic rings. The van der Waals surface area contributed by atoms with Gasteiger partial charge in [0.05, 0.1) is 18.4 Å². The van der Waals surface area contributed by atoms with Gasteiger partial charge in [-0.2, -0.15) is 0 Å². The lowest BCUT2D eigenvalue weighted by Gasteiger charge is -2.52. The first-order chi connectivity index (χ1) is 9.48. The molecule has 3 nitrogen and oxygen atoms in total. The Balaban J connectivity index is 2.08. The average Bonchev–Trinajstić information content (AvgIpc) is 2.40.